The number of thiophene rings is 1. The second-order valence-corrected chi connectivity index (χ2v) is 11.6. The van der Waals surface area contributed by atoms with Crippen LogP contribution in [-0.2, 0) is 22.6 Å². The van der Waals surface area contributed by atoms with Gasteiger partial charge in [-0.1, -0.05) is 31.4 Å². The summed E-state index contributed by atoms with van der Waals surface area (Å²) in [4.78, 5) is 31.7. The van der Waals surface area contributed by atoms with E-state index in [2.05, 4.69) is 20.7 Å². The highest BCUT2D eigenvalue weighted by molar-refractivity contribution is 7.10. The Morgan fingerprint density at radius 2 is 1.77 bits per heavy atom. The fourth-order valence-electron chi connectivity index (χ4n) is 5.46. The van der Waals surface area contributed by atoms with Gasteiger partial charge in [0.15, 0.2) is 11.5 Å². The van der Waals surface area contributed by atoms with E-state index in [9.17, 15) is 9.59 Å². The lowest BCUT2D eigenvalue weighted by atomic mass is 9.95. The molecule has 1 atom stereocenters. The summed E-state index contributed by atoms with van der Waals surface area (Å²) in [5.74, 6) is 1.87. The second-order valence-electron chi connectivity index (χ2n) is 10.7. The Kier molecular flexibility index (Phi) is 10.4. The molecule has 1 fully saturated rings. The number of carbonyl (C=O) groups is 2. The van der Waals surface area contributed by atoms with Gasteiger partial charge in [0.25, 0.3) is 0 Å². The molecule has 5 rings (SSSR count). The number of ether oxygens (including phenoxy) is 3. The molecular weight excluding hydrogens is 580 g/mol. The predicted octanol–water partition coefficient (Wildman–Crippen LogP) is 4.69. The van der Waals surface area contributed by atoms with Gasteiger partial charge in [0.2, 0.25) is 17.6 Å². The van der Waals surface area contributed by atoms with Gasteiger partial charge in [-0.25, -0.2) is 0 Å². The Morgan fingerprint density at radius 1 is 1.00 bits per heavy atom. The van der Waals surface area contributed by atoms with E-state index in [1.807, 2.05) is 60.0 Å². The van der Waals surface area contributed by atoms with Crippen molar-refractivity contribution in [2.45, 2.75) is 57.2 Å². The molecule has 1 aliphatic rings. The fraction of sp³-hybridized carbons (Fsp3) is 0.406. The van der Waals surface area contributed by atoms with Crippen LogP contribution in [0.5, 0.6) is 17.2 Å². The lowest BCUT2D eigenvalue weighted by molar-refractivity contribution is -0.142. The van der Waals surface area contributed by atoms with E-state index in [0.29, 0.717) is 29.5 Å². The molecule has 44 heavy (non-hydrogen) atoms. The molecule has 232 valence electrons. The van der Waals surface area contributed by atoms with Crippen LogP contribution in [0.25, 0.3) is 11.4 Å². The van der Waals surface area contributed by atoms with E-state index in [1.54, 1.807) is 26.2 Å². The number of nitrogens with zero attached hydrogens (tertiary/aromatic N) is 5. The van der Waals surface area contributed by atoms with Crippen molar-refractivity contribution in [1.82, 2.24) is 30.4 Å². The summed E-state index contributed by atoms with van der Waals surface area (Å²) < 4.78 is 16.1. The molecule has 2 aromatic carbocycles. The number of nitrogens with one attached hydrogen (secondary N) is 1. The largest absolute Gasteiger partial charge is 0.497 e. The number of benzene rings is 2. The van der Waals surface area contributed by atoms with Gasteiger partial charge in [0, 0.05) is 23.0 Å². The van der Waals surface area contributed by atoms with Crippen LogP contribution in [0.15, 0.2) is 60.0 Å². The summed E-state index contributed by atoms with van der Waals surface area (Å²) in [7, 11) is 4.78. The lowest BCUT2D eigenvalue weighted by Crippen LogP contribution is -2.48. The van der Waals surface area contributed by atoms with Gasteiger partial charge in [-0.05, 0) is 77.9 Å². The monoisotopic (exact) mass is 618 g/mol. The van der Waals surface area contributed by atoms with Crippen LogP contribution in [0, 0.1) is 0 Å². The summed E-state index contributed by atoms with van der Waals surface area (Å²) in [6.07, 6.45) is 5.74. The van der Waals surface area contributed by atoms with Crippen molar-refractivity contribution in [2.75, 3.05) is 27.9 Å². The lowest BCUT2D eigenvalue weighted by Gasteiger charge is -2.32. The zero-order valence-electron chi connectivity index (χ0n) is 25.3. The second kappa shape index (κ2) is 14.8. The standard InChI is InChI=1S/C32H38N6O5S/c1-41-25-14-12-23(13-15-25)31-34-36-38(35-31)21-29(39)37(18-17-22-11-16-26(42-2)27(20-22)43-3)30(28-10-7-19-44-28)32(40)33-24-8-5-4-6-9-24/h7,10-16,19-20,24,30H,4-6,8-9,17-18,21H2,1-3H3,(H,33,40)/t30-/m1/s1. The molecule has 1 saturated carbocycles. The molecule has 0 radical (unpaired) electrons. The molecule has 0 unspecified atom stereocenters. The van der Waals surface area contributed by atoms with Crippen LogP contribution in [0.2, 0.25) is 0 Å². The first-order valence-corrected chi connectivity index (χ1v) is 15.6. The Morgan fingerprint density at radius 3 is 2.45 bits per heavy atom. The van der Waals surface area contributed by atoms with Gasteiger partial charge in [-0.3, -0.25) is 9.59 Å². The first-order valence-electron chi connectivity index (χ1n) is 14.8. The van der Waals surface area contributed by atoms with Gasteiger partial charge >= 0.3 is 0 Å². The molecule has 2 heterocycles. The van der Waals surface area contributed by atoms with Gasteiger partial charge < -0.3 is 24.4 Å². The minimum Gasteiger partial charge on any atom is -0.497 e. The molecular formula is C32H38N6O5S. The van der Waals surface area contributed by atoms with Crippen molar-refractivity contribution in [2.24, 2.45) is 0 Å². The highest BCUT2D eigenvalue weighted by atomic mass is 32.1. The number of aromatic nitrogens is 4. The third-order valence-electron chi connectivity index (χ3n) is 7.81. The number of methoxy groups -OCH3 is 3. The van der Waals surface area contributed by atoms with Crippen LogP contribution >= 0.6 is 11.3 Å². The van der Waals surface area contributed by atoms with Crippen molar-refractivity contribution < 1.29 is 23.8 Å². The molecule has 4 aromatic rings. The zero-order valence-corrected chi connectivity index (χ0v) is 26.1. The molecule has 0 bridgehead atoms. The van der Waals surface area contributed by atoms with Crippen molar-refractivity contribution in [1.29, 1.82) is 0 Å². The average molecular weight is 619 g/mol. The Bertz CT molecular complexity index is 1520. The topological polar surface area (TPSA) is 121 Å². The molecule has 0 saturated heterocycles. The maximum absolute atomic E-state index is 14.1. The Labute approximate surface area is 261 Å². The Balaban J connectivity index is 1.41. The molecule has 11 nitrogen and oxygen atoms in total. The zero-order chi connectivity index (χ0) is 30.9. The molecule has 2 aromatic heterocycles. The molecule has 0 spiro atoms. The van der Waals surface area contributed by atoms with E-state index in [-0.39, 0.29) is 30.9 Å². The number of carbonyl (C=O) groups excluding carboxylic acids is 2. The first kappa shape index (κ1) is 31.0. The van der Waals surface area contributed by atoms with Gasteiger partial charge in [-0.2, -0.15) is 4.80 Å². The average Bonchev–Trinajstić information content (AvgIpc) is 3.76. The summed E-state index contributed by atoms with van der Waals surface area (Å²) in [6, 6.07) is 16.1. The fourth-order valence-corrected chi connectivity index (χ4v) is 6.29. The van der Waals surface area contributed by atoms with Crippen LogP contribution < -0.4 is 19.5 Å². The highest BCUT2D eigenvalue weighted by Gasteiger charge is 2.34. The van der Waals surface area contributed by atoms with Crippen LogP contribution in [0.4, 0.5) is 0 Å². The van der Waals surface area contributed by atoms with Crippen LogP contribution in [0.3, 0.4) is 0 Å². The normalized spacial score (nSPS) is 14.1. The van der Waals surface area contributed by atoms with Gasteiger partial charge in [0.1, 0.15) is 18.3 Å². The molecule has 1 aliphatic carbocycles. The summed E-state index contributed by atoms with van der Waals surface area (Å²) in [5, 5.41) is 17.9. The number of rotatable bonds is 13. The van der Waals surface area contributed by atoms with E-state index in [0.717, 1.165) is 41.7 Å². The van der Waals surface area contributed by atoms with Crippen LogP contribution in [-0.4, -0.2) is 70.8 Å². The quantitative estimate of drug-likeness (QED) is 0.229. The minimum absolute atomic E-state index is 0.102. The smallest absolute Gasteiger partial charge is 0.248 e. The van der Waals surface area contributed by atoms with Crippen molar-refractivity contribution >= 4 is 23.2 Å². The van der Waals surface area contributed by atoms with Gasteiger partial charge in [0.05, 0.1) is 21.3 Å². The maximum Gasteiger partial charge on any atom is 0.248 e. The van der Waals surface area contributed by atoms with E-state index < -0.39 is 6.04 Å². The van der Waals surface area contributed by atoms with Crippen LogP contribution in [0.1, 0.15) is 48.6 Å². The number of hydrogen-bond donors (Lipinski definition) is 1. The van der Waals surface area contributed by atoms with Crippen molar-refractivity contribution in [3.63, 3.8) is 0 Å². The SMILES string of the molecule is COc1ccc(-c2nnn(CC(=O)N(CCc3ccc(OC)c(OC)c3)[C@@H](C(=O)NC3CCCCC3)c3cccs3)n2)cc1. The van der Waals surface area contributed by atoms with Crippen molar-refractivity contribution in [3.8, 4) is 28.6 Å². The minimum atomic E-state index is -0.797. The summed E-state index contributed by atoms with van der Waals surface area (Å²) in [5.41, 5.74) is 1.69. The predicted molar refractivity (Wildman–Crippen MR) is 167 cm³/mol. The number of amides is 2. The maximum atomic E-state index is 14.1. The Hall–Kier alpha value is -4.45. The summed E-state index contributed by atoms with van der Waals surface area (Å²) >= 11 is 1.46. The third-order valence-corrected chi connectivity index (χ3v) is 8.74. The van der Waals surface area contributed by atoms with E-state index in [4.69, 9.17) is 14.2 Å². The highest BCUT2D eigenvalue weighted by Crippen LogP contribution is 2.30. The van der Waals surface area contributed by atoms with Gasteiger partial charge in [-0.15, -0.1) is 21.5 Å². The number of hydrogen-bond acceptors (Lipinski definition) is 9. The number of tetrazole rings is 1. The molecule has 2 amide bonds. The molecule has 0 aliphatic heterocycles. The van der Waals surface area contributed by atoms with E-state index >= 15 is 0 Å². The first-order chi connectivity index (χ1) is 21.5. The van der Waals surface area contributed by atoms with E-state index in [1.165, 1.54) is 22.6 Å². The molecule has 12 heteroatoms. The summed E-state index contributed by atoms with van der Waals surface area (Å²) in [6.45, 7) is 0.114. The van der Waals surface area contributed by atoms with Crippen molar-refractivity contribution in [3.05, 3.63) is 70.4 Å². The molecule has 1 N–H and O–H groups in total. The third kappa shape index (κ3) is 7.54.